The standard InChI is InChI=1S/C11H14N2S2/c1-8-3-5-15-11(8)9(2)13-7-10-12-4-6-14-10/h3-6,9,13H,7H2,1-2H3. The molecule has 0 aliphatic carbocycles. The normalized spacial score (nSPS) is 12.9. The maximum absolute atomic E-state index is 4.25. The van der Waals surface area contributed by atoms with Crippen molar-refractivity contribution in [3.8, 4) is 0 Å². The van der Waals surface area contributed by atoms with E-state index in [2.05, 4.69) is 35.6 Å². The number of rotatable bonds is 4. The third kappa shape index (κ3) is 2.65. The summed E-state index contributed by atoms with van der Waals surface area (Å²) >= 11 is 3.51. The first-order chi connectivity index (χ1) is 7.27. The molecule has 2 heterocycles. The maximum Gasteiger partial charge on any atom is 0.106 e. The summed E-state index contributed by atoms with van der Waals surface area (Å²) < 4.78 is 0. The zero-order chi connectivity index (χ0) is 10.7. The second-order valence-electron chi connectivity index (χ2n) is 3.50. The van der Waals surface area contributed by atoms with Gasteiger partial charge in [-0.15, -0.1) is 22.7 Å². The molecule has 80 valence electrons. The highest BCUT2D eigenvalue weighted by Gasteiger charge is 2.09. The Balaban J connectivity index is 1.93. The summed E-state index contributed by atoms with van der Waals surface area (Å²) in [5.41, 5.74) is 1.37. The molecule has 1 unspecified atom stereocenters. The maximum atomic E-state index is 4.25. The molecule has 0 saturated heterocycles. The minimum atomic E-state index is 0.411. The molecule has 0 amide bonds. The molecule has 1 N–H and O–H groups in total. The van der Waals surface area contributed by atoms with Crippen molar-refractivity contribution in [3.05, 3.63) is 38.5 Å². The predicted molar refractivity (Wildman–Crippen MR) is 66.4 cm³/mol. The van der Waals surface area contributed by atoms with Crippen LogP contribution in [0, 0.1) is 6.92 Å². The van der Waals surface area contributed by atoms with Crippen LogP contribution in [0.5, 0.6) is 0 Å². The summed E-state index contributed by atoms with van der Waals surface area (Å²) in [4.78, 5) is 5.67. The number of aromatic nitrogens is 1. The minimum absolute atomic E-state index is 0.411. The van der Waals surface area contributed by atoms with E-state index in [1.165, 1.54) is 10.4 Å². The van der Waals surface area contributed by atoms with Gasteiger partial charge >= 0.3 is 0 Å². The van der Waals surface area contributed by atoms with E-state index in [0.717, 1.165) is 11.6 Å². The van der Waals surface area contributed by atoms with Crippen LogP contribution >= 0.6 is 22.7 Å². The fourth-order valence-electron chi connectivity index (χ4n) is 1.50. The number of hydrogen-bond donors (Lipinski definition) is 1. The van der Waals surface area contributed by atoms with Crippen molar-refractivity contribution in [2.45, 2.75) is 26.4 Å². The van der Waals surface area contributed by atoms with Gasteiger partial charge in [0, 0.05) is 29.0 Å². The zero-order valence-electron chi connectivity index (χ0n) is 8.86. The summed E-state index contributed by atoms with van der Waals surface area (Å²) in [5.74, 6) is 0. The first-order valence-corrected chi connectivity index (χ1v) is 6.69. The van der Waals surface area contributed by atoms with Gasteiger partial charge in [-0.05, 0) is 30.9 Å². The van der Waals surface area contributed by atoms with Crippen LogP contribution < -0.4 is 5.32 Å². The van der Waals surface area contributed by atoms with Crippen molar-refractivity contribution in [2.24, 2.45) is 0 Å². The van der Waals surface area contributed by atoms with Crippen molar-refractivity contribution >= 4 is 22.7 Å². The van der Waals surface area contributed by atoms with Gasteiger partial charge in [0.25, 0.3) is 0 Å². The number of nitrogens with zero attached hydrogens (tertiary/aromatic N) is 1. The average molecular weight is 238 g/mol. The second kappa shape index (κ2) is 4.88. The molecule has 0 radical (unpaired) electrons. The van der Waals surface area contributed by atoms with Crippen LogP contribution in [-0.2, 0) is 6.54 Å². The molecule has 0 bridgehead atoms. The summed E-state index contributed by atoms with van der Waals surface area (Å²) in [6.45, 7) is 5.22. The number of aryl methyl sites for hydroxylation is 1. The number of hydrogen-bond acceptors (Lipinski definition) is 4. The SMILES string of the molecule is Cc1ccsc1C(C)NCc1nccs1. The Morgan fingerprint density at radius 3 is 2.87 bits per heavy atom. The molecule has 0 aromatic carbocycles. The number of nitrogens with one attached hydrogen (secondary N) is 1. The Morgan fingerprint density at radius 2 is 2.27 bits per heavy atom. The van der Waals surface area contributed by atoms with Gasteiger partial charge in [-0.3, -0.25) is 0 Å². The van der Waals surface area contributed by atoms with Crippen molar-refractivity contribution in [1.82, 2.24) is 10.3 Å². The van der Waals surface area contributed by atoms with Gasteiger partial charge < -0.3 is 5.32 Å². The Kier molecular flexibility index (Phi) is 3.51. The van der Waals surface area contributed by atoms with Crippen molar-refractivity contribution in [1.29, 1.82) is 0 Å². The lowest BCUT2D eigenvalue weighted by molar-refractivity contribution is 0.579. The van der Waals surface area contributed by atoms with Gasteiger partial charge in [0.1, 0.15) is 5.01 Å². The molecule has 0 fully saturated rings. The molecule has 0 spiro atoms. The topological polar surface area (TPSA) is 24.9 Å². The summed E-state index contributed by atoms with van der Waals surface area (Å²) in [7, 11) is 0. The Hall–Kier alpha value is -0.710. The van der Waals surface area contributed by atoms with E-state index in [4.69, 9.17) is 0 Å². The molecule has 15 heavy (non-hydrogen) atoms. The van der Waals surface area contributed by atoms with E-state index >= 15 is 0 Å². The lowest BCUT2D eigenvalue weighted by Crippen LogP contribution is -2.17. The number of thiazole rings is 1. The van der Waals surface area contributed by atoms with Crippen LogP contribution in [0.15, 0.2) is 23.0 Å². The molecule has 2 rings (SSSR count). The molecule has 2 aromatic heterocycles. The molecule has 4 heteroatoms. The summed E-state index contributed by atoms with van der Waals surface area (Å²) in [5, 5.41) is 8.79. The fraction of sp³-hybridized carbons (Fsp3) is 0.364. The Morgan fingerprint density at radius 1 is 1.40 bits per heavy atom. The molecule has 0 saturated carbocycles. The quantitative estimate of drug-likeness (QED) is 0.883. The second-order valence-corrected chi connectivity index (χ2v) is 5.42. The van der Waals surface area contributed by atoms with Crippen LogP contribution in [0.1, 0.15) is 28.4 Å². The molecular weight excluding hydrogens is 224 g/mol. The van der Waals surface area contributed by atoms with Gasteiger partial charge in [-0.2, -0.15) is 0 Å². The highest BCUT2D eigenvalue weighted by atomic mass is 32.1. The average Bonchev–Trinajstić information content (AvgIpc) is 2.84. The largest absolute Gasteiger partial charge is 0.303 e. The first kappa shape index (κ1) is 10.8. The lowest BCUT2D eigenvalue weighted by Gasteiger charge is -2.11. The van der Waals surface area contributed by atoms with Gasteiger partial charge in [0.05, 0.1) is 0 Å². The molecular formula is C11H14N2S2. The van der Waals surface area contributed by atoms with Crippen LogP contribution in [0.2, 0.25) is 0 Å². The van der Waals surface area contributed by atoms with Crippen molar-refractivity contribution in [3.63, 3.8) is 0 Å². The summed E-state index contributed by atoms with van der Waals surface area (Å²) in [6.07, 6.45) is 1.85. The molecule has 2 nitrogen and oxygen atoms in total. The highest BCUT2D eigenvalue weighted by Crippen LogP contribution is 2.23. The van der Waals surface area contributed by atoms with Crippen molar-refractivity contribution < 1.29 is 0 Å². The van der Waals surface area contributed by atoms with Gasteiger partial charge in [-0.1, -0.05) is 0 Å². The van der Waals surface area contributed by atoms with Gasteiger partial charge in [-0.25, -0.2) is 4.98 Å². The number of thiophene rings is 1. The third-order valence-corrected chi connectivity index (χ3v) is 4.32. The smallest absolute Gasteiger partial charge is 0.106 e. The van der Waals surface area contributed by atoms with Gasteiger partial charge in [0.15, 0.2) is 0 Å². The van der Waals surface area contributed by atoms with Crippen LogP contribution in [-0.4, -0.2) is 4.98 Å². The van der Waals surface area contributed by atoms with E-state index in [1.807, 2.05) is 22.9 Å². The van der Waals surface area contributed by atoms with E-state index in [9.17, 15) is 0 Å². The molecule has 2 aromatic rings. The highest BCUT2D eigenvalue weighted by molar-refractivity contribution is 7.10. The van der Waals surface area contributed by atoms with E-state index < -0.39 is 0 Å². The van der Waals surface area contributed by atoms with E-state index in [1.54, 1.807) is 11.3 Å². The molecule has 0 aliphatic heterocycles. The Labute approximate surface area is 98.0 Å². The van der Waals surface area contributed by atoms with E-state index in [-0.39, 0.29) is 0 Å². The predicted octanol–water partition coefficient (Wildman–Crippen LogP) is 3.36. The van der Waals surface area contributed by atoms with Gasteiger partial charge in [0.2, 0.25) is 0 Å². The first-order valence-electron chi connectivity index (χ1n) is 4.93. The third-order valence-electron chi connectivity index (χ3n) is 2.34. The molecule has 1 atom stereocenters. The van der Waals surface area contributed by atoms with E-state index in [0.29, 0.717) is 6.04 Å². The van der Waals surface area contributed by atoms with Crippen LogP contribution in [0.25, 0.3) is 0 Å². The minimum Gasteiger partial charge on any atom is -0.303 e. The molecule has 0 aliphatic rings. The summed E-state index contributed by atoms with van der Waals surface area (Å²) in [6, 6.07) is 2.58. The Bertz CT molecular complexity index is 406. The monoisotopic (exact) mass is 238 g/mol. The fourth-order valence-corrected chi connectivity index (χ4v) is 3.03. The lowest BCUT2D eigenvalue weighted by atomic mass is 10.2. The van der Waals surface area contributed by atoms with Crippen molar-refractivity contribution in [2.75, 3.05) is 0 Å². The zero-order valence-corrected chi connectivity index (χ0v) is 10.5. The van der Waals surface area contributed by atoms with Crippen LogP contribution in [0.3, 0.4) is 0 Å². The van der Waals surface area contributed by atoms with Crippen LogP contribution in [0.4, 0.5) is 0 Å².